The minimum Gasteiger partial charge on any atom is -0.481 e. The zero-order chi connectivity index (χ0) is 15.3. The number of aliphatic carboxylic acids is 1. The van der Waals surface area contributed by atoms with Gasteiger partial charge in [0.05, 0.1) is 5.41 Å². The lowest BCUT2D eigenvalue weighted by atomic mass is 9.74. The van der Waals surface area contributed by atoms with Crippen LogP contribution >= 0.6 is 0 Å². The molecule has 1 aliphatic rings. The molecule has 1 saturated carbocycles. The Hall–Kier alpha value is -1.91. The molecule has 0 aromatic carbocycles. The fourth-order valence-electron chi connectivity index (χ4n) is 2.85. The number of carboxylic acid groups (broad SMARTS) is 1. The minimum absolute atomic E-state index is 0.180. The summed E-state index contributed by atoms with van der Waals surface area (Å²) in [5.41, 5.74) is 0.586. The second-order valence-electron chi connectivity index (χ2n) is 5.73. The van der Waals surface area contributed by atoms with E-state index in [1.54, 1.807) is 12.3 Å². The predicted molar refractivity (Wildman–Crippen MR) is 79.1 cm³/mol. The largest absolute Gasteiger partial charge is 0.481 e. The molecule has 1 aromatic heterocycles. The van der Waals surface area contributed by atoms with Crippen LogP contribution in [0.2, 0.25) is 0 Å². The number of hydrogen-bond donors (Lipinski definition) is 2. The van der Waals surface area contributed by atoms with Gasteiger partial charge in [0.15, 0.2) is 0 Å². The summed E-state index contributed by atoms with van der Waals surface area (Å²) in [4.78, 5) is 27.8. The molecule has 0 radical (unpaired) electrons. The van der Waals surface area contributed by atoms with Crippen molar-refractivity contribution in [3.05, 3.63) is 29.6 Å². The van der Waals surface area contributed by atoms with Crippen molar-refractivity contribution < 1.29 is 14.7 Å². The molecular weight excluding hydrogens is 268 g/mol. The van der Waals surface area contributed by atoms with Crippen molar-refractivity contribution in [1.29, 1.82) is 0 Å². The van der Waals surface area contributed by atoms with E-state index in [4.69, 9.17) is 0 Å². The van der Waals surface area contributed by atoms with Gasteiger partial charge >= 0.3 is 5.97 Å². The molecule has 0 atom stereocenters. The van der Waals surface area contributed by atoms with Crippen molar-refractivity contribution in [1.82, 2.24) is 10.3 Å². The van der Waals surface area contributed by atoms with Gasteiger partial charge in [0.25, 0.3) is 5.91 Å². The van der Waals surface area contributed by atoms with Crippen LogP contribution in [0.25, 0.3) is 0 Å². The van der Waals surface area contributed by atoms with Crippen molar-refractivity contribution >= 4 is 11.9 Å². The Bertz CT molecular complexity index is 522. The highest BCUT2D eigenvalue weighted by Gasteiger charge is 2.39. The summed E-state index contributed by atoms with van der Waals surface area (Å²) in [7, 11) is 0. The molecule has 1 fully saturated rings. The molecule has 0 aliphatic heterocycles. The van der Waals surface area contributed by atoms with Gasteiger partial charge in [0.1, 0.15) is 5.69 Å². The van der Waals surface area contributed by atoms with Crippen LogP contribution in [0, 0.1) is 5.41 Å². The quantitative estimate of drug-likeness (QED) is 0.872. The number of amides is 1. The monoisotopic (exact) mass is 290 g/mol. The topological polar surface area (TPSA) is 79.3 Å². The zero-order valence-corrected chi connectivity index (χ0v) is 12.4. The molecule has 1 heterocycles. The molecule has 114 valence electrons. The molecule has 1 aliphatic carbocycles. The first-order chi connectivity index (χ1) is 10.1. The highest BCUT2D eigenvalue weighted by Crippen LogP contribution is 2.36. The first-order valence-corrected chi connectivity index (χ1v) is 7.54. The Morgan fingerprint density at radius 2 is 2.05 bits per heavy atom. The Balaban J connectivity index is 2.03. The molecule has 2 rings (SSSR count). The van der Waals surface area contributed by atoms with Gasteiger partial charge in [-0.25, -0.2) is 0 Å². The molecule has 0 saturated heterocycles. The maximum absolute atomic E-state index is 12.2. The summed E-state index contributed by atoms with van der Waals surface area (Å²) in [5.74, 6) is -1.10. The fraction of sp³-hybridized carbons (Fsp3) is 0.562. The molecule has 0 spiro atoms. The van der Waals surface area contributed by atoms with E-state index >= 15 is 0 Å². The summed E-state index contributed by atoms with van der Waals surface area (Å²) >= 11 is 0. The van der Waals surface area contributed by atoms with E-state index in [1.165, 1.54) is 0 Å². The molecule has 1 amide bonds. The highest BCUT2D eigenvalue weighted by molar-refractivity contribution is 5.92. The highest BCUT2D eigenvalue weighted by atomic mass is 16.4. The van der Waals surface area contributed by atoms with E-state index in [2.05, 4.69) is 10.3 Å². The number of carbonyl (C=O) groups is 2. The first-order valence-electron chi connectivity index (χ1n) is 7.54. The van der Waals surface area contributed by atoms with Crippen LogP contribution < -0.4 is 5.32 Å². The predicted octanol–water partition coefficient (Wildman–Crippen LogP) is 2.41. The molecule has 2 N–H and O–H groups in total. The van der Waals surface area contributed by atoms with Crippen molar-refractivity contribution in [2.75, 3.05) is 6.54 Å². The molecule has 0 bridgehead atoms. The summed E-state index contributed by atoms with van der Waals surface area (Å²) in [5, 5.41) is 12.2. The van der Waals surface area contributed by atoms with Crippen LogP contribution in [-0.2, 0) is 11.2 Å². The van der Waals surface area contributed by atoms with Gasteiger partial charge in [-0.05, 0) is 37.0 Å². The van der Waals surface area contributed by atoms with Gasteiger partial charge in [-0.3, -0.25) is 14.6 Å². The maximum atomic E-state index is 12.2. The third kappa shape index (κ3) is 3.60. The number of hydrogen-bond acceptors (Lipinski definition) is 3. The second kappa shape index (κ2) is 6.70. The maximum Gasteiger partial charge on any atom is 0.311 e. The average Bonchev–Trinajstić information content (AvgIpc) is 2.53. The Labute approximate surface area is 124 Å². The molecule has 5 nitrogen and oxygen atoms in total. The van der Waals surface area contributed by atoms with Gasteiger partial charge in [-0.2, -0.15) is 0 Å². The summed E-state index contributed by atoms with van der Waals surface area (Å²) in [6, 6.07) is 3.63. The van der Waals surface area contributed by atoms with Crippen LogP contribution in [0.5, 0.6) is 0 Å². The average molecular weight is 290 g/mol. The van der Waals surface area contributed by atoms with Gasteiger partial charge in [0.2, 0.25) is 0 Å². The van der Waals surface area contributed by atoms with Crippen molar-refractivity contribution in [3.8, 4) is 0 Å². The first kappa shape index (κ1) is 15.5. The SMILES string of the molecule is CCc1ccnc(C(=O)NCC2(C(=O)O)CCCCC2)c1. The molecular formula is C16H22N2O3. The number of carbonyl (C=O) groups excluding carboxylic acids is 1. The van der Waals surface area contributed by atoms with E-state index in [1.807, 2.05) is 13.0 Å². The summed E-state index contributed by atoms with van der Waals surface area (Å²) in [6.07, 6.45) is 6.60. The number of nitrogens with zero attached hydrogens (tertiary/aromatic N) is 1. The third-order valence-electron chi connectivity index (χ3n) is 4.32. The van der Waals surface area contributed by atoms with Crippen LogP contribution in [0.1, 0.15) is 55.1 Å². The van der Waals surface area contributed by atoms with E-state index < -0.39 is 11.4 Å². The zero-order valence-electron chi connectivity index (χ0n) is 12.4. The smallest absolute Gasteiger partial charge is 0.311 e. The van der Waals surface area contributed by atoms with Crippen LogP contribution in [0.15, 0.2) is 18.3 Å². The normalized spacial score (nSPS) is 17.2. The Kier molecular flexibility index (Phi) is 4.94. The van der Waals surface area contributed by atoms with E-state index in [9.17, 15) is 14.7 Å². The van der Waals surface area contributed by atoms with Gasteiger partial charge in [0, 0.05) is 12.7 Å². The number of pyridine rings is 1. The van der Waals surface area contributed by atoms with E-state index in [0.29, 0.717) is 18.5 Å². The Morgan fingerprint density at radius 1 is 1.33 bits per heavy atom. The third-order valence-corrected chi connectivity index (χ3v) is 4.32. The number of aryl methyl sites for hydroxylation is 1. The van der Waals surface area contributed by atoms with Crippen molar-refractivity contribution in [3.63, 3.8) is 0 Å². The van der Waals surface area contributed by atoms with Gasteiger partial charge in [-0.1, -0.05) is 26.2 Å². The Morgan fingerprint density at radius 3 is 2.67 bits per heavy atom. The fourth-order valence-corrected chi connectivity index (χ4v) is 2.85. The number of nitrogens with one attached hydrogen (secondary N) is 1. The standard InChI is InChI=1S/C16H22N2O3/c1-2-12-6-9-17-13(10-12)14(19)18-11-16(15(20)21)7-4-3-5-8-16/h6,9-10H,2-5,7-8,11H2,1H3,(H,18,19)(H,20,21). The van der Waals surface area contributed by atoms with Crippen LogP contribution in [-0.4, -0.2) is 28.5 Å². The lowest BCUT2D eigenvalue weighted by Gasteiger charge is -2.33. The molecule has 5 heteroatoms. The van der Waals surface area contributed by atoms with Gasteiger partial charge in [-0.15, -0.1) is 0 Å². The number of carboxylic acids is 1. The van der Waals surface area contributed by atoms with Gasteiger partial charge < -0.3 is 10.4 Å². The van der Waals surface area contributed by atoms with Crippen molar-refractivity contribution in [2.45, 2.75) is 45.4 Å². The number of rotatable bonds is 5. The van der Waals surface area contributed by atoms with Crippen LogP contribution in [0.3, 0.4) is 0 Å². The summed E-state index contributed by atoms with van der Waals surface area (Å²) in [6.45, 7) is 2.19. The van der Waals surface area contributed by atoms with Crippen molar-refractivity contribution in [2.24, 2.45) is 5.41 Å². The lowest BCUT2D eigenvalue weighted by molar-refractivity contribution is -0.150. The van der Waals surface area contributed by atoms with Crippen LogP contribution in [0.4, 0.5) is 0 Å². The second-order valence-corrected chi connectivity index (χ2v) is 5.73. The molecule has 1 aromatic rings. The molecule has 0 unspecified atom stereocenters. The van der Waals surface area contributed by atoms with E-state index in [0.717, 1.165) is 31.2 Å². The molecule has 21 heavy (non-hydrogen) atoms. The van der Waals surface area contributed by atoms with E-state index in [-0.39, 0.29) is 12.5 Å². The minimum atomic E-state index is -0.809. The summed E-state index contributed by atoms with van der Waals surface area (Å²) < 4.78 is 0. The number of aromatic nitrogens is 1. The lowest BCUT2D eigenvalue weighted by Crippen LogP contribution is -2.44.